The normalized spacial score (nSPS) is 11.2. The number of ether oxygens (including phenoxy) is 2. The molecule has 18 heavy (non-hydrogen) atoms. The van der Waals surface area contributed by atoms with Crippen LogP contribution >= 0.6 is 15.9 Å². The molecule has 0 aliphatic rings. The van der Waals surface area contributed by atoms with Gasteiger partial charge in [-0.1, -0.05) is 0 Å². The maximum Gasteiger partial charge on any atom is 0.399 e. The van der Waals surface area contributed by atoms with Gasteiger partial charge in [-0.3, -0.25) is 5.21 Å². The average Bonchev–Trinajstić information content (AvgIpc) is 2.34. The number of benzene rings is 1. The quantitative estimate of drug-likeness (QED) is 0.302. The Labute approximate surface area is 112 Å². The second-order valence-corrected chi connectivity index (χ2v) is 4.15. The Morgan fingerprint density at radius 2 is 2.22 bits per heavy atom. The second-order valence-electron chi connectivity index (χ2n) is 3.29. The monoisotopic (exact) mass is 320 g/mol. The lowest BCUT2D eigenvalue weighted by Gasteiger charge is -2.08. The molecule has 0 aliphatic heterocycles. The van der Waals surface area contributed by atoms with Gasteiger partial charge in [-0.2, -0.15) is 0 Å². The van der Waals surface area contributed by atoms with Gasteiger partial charge in [0.15, 0.2) is 0 Å². The zero-order valence-corrected chi connectivity index (χ0v) is 11.4. The van der Waals surface area contributed by atoms with Crippen LogP contribution in [0.25, 0.3) is 0 Å². The summed E-state index contributed by atoms with van der Waals surface area (Å²) in [5, 5.41) is 9.48. The lowest BCUT2D eigenvalue weighted by molar-refractivity contribution is -0.783. The van der Waals surface area contributed by atoms with Crippen LogP contribution in [0.2, 0.25) is 0 Å². The zero-order valence-electron chi connectivity index (χ0n) is 9.81. The number of hydrogen-bond donors (Lipinski definition) is 1. The summed E-state index contributed by atoms with van der Waals surface area (Å²) in [4.78, 5) is 10.9. The number of hydrogen-bond acceptors (Lipinski definition) is 4. The standard InChI is InChI=1S/C11H12BrFNO4/c1-17-10(15)6-14(16)5-7-9(13)4-3-8(12)11(7)18-2/h3-4,6,16H,5H2,1-2H3/q+1. The van der Waals surface area contributed by atoms with Crippen molar-refractivity contribution >= 4 is 28.1 Å². The van der Waals surface area contributed by atoms with Crippen molar-refractivity contribution in [3.63, 3.8) is 0 Å². The Bertz CT molecular complexity index is 490. The number of carbonyl (C=O) groups excluding carboxylic acids is 1. The molecule has 0 spiro atoms. The summed E-state index contributed by atoms with van der Waals surface area (Å²) in [5.74, 6) is -1.04. The second kappa shape index (κ2) is 6.34. The summed E-state index contributed by atoms with van der Waals surface area (Å²) in [5.41, 5.74) is 0.120. The number of hydroxylamine groups is 1. The molecule has 1 rings (SSSR count). The van der Waals surface area contributed by atoms with Crippen LogP contribution in [-0.4, -0.2) is 36.3 Å². The molecule has 1 aromatic rings. The first-order valence-electron chi connectivity index (χ1n) is 4.88. The molecule has 0 bridgehead atoms. The van der Waals surface area contributed by atoms with E-state index in [2.05, 4.69) is 20.7 Å². The molecule has 0 unspecified atom stereocenters. The van der Waals surface area contributed by atoms with E-state index < -0.39 is 11.8 Å². The highest BCUT2D eigenvalue weighted by Crippen LogP contribution is 2.31. The Kier molecular flexibility index (Phi) is 5.08. The molecule has 98 valence electrons. The maximum atomic E-state index is 13.6. The first-order chi connectivity index (χ1) is 8.49. The Hall–Kier alpha value is -1.63. The van der Waals surface area contributed by atoms with Gasteiger partial charge in [0.25, 0.3) is 6.21 Å². The fraction of sp³-hybridized carbons (Fsp3) is 0.273. The first kappa shape index (κ1) is 14.4. The molecule has 0 saturated carbocycles. The minimum atomic E-state index is -0.744. The van der Waals surface area contributed by atoms with Crippen molar-refractivity contribution in [1.29, 1.82) is 0 Å². The largest absolute Gasteiger partial charge is 0.495 e. The van der Waals surface area contributed by atoms with Gasteiger partial charge in [-0.05, 0) is 32.8 Å². The lowest BCUT2D eigenvalue weighted by Crippen LogP contribution is -2.16. The van der Waals surface area contributed by atoms with Crippen LogP contribution in [-0.2, 0) is 16.1 Å². The highest BCUT2D eigenvalue weighted by atomic mass is 79.9. The molecule has 5 nitrogen and oxygen atoms in total. The Morgan fingerprint density at radius 3 is 2.78 bits per heavy atom. The van der Waals surface area contributed by atoms with E-state index in [1.165, 1.54) is 26.4 Å². The fourth-order valence-electron chi connectivity index (χ4n) is 1.33. The summed E-state index contributed by atoms with van der Waals surface area (Å²) < 4.78 is 24.1. The summed E-state index contributed by atoms with van der Waals surface area (Å²) >= 11 is 3.20. The number of esters is 1. The Morgan fingerprint density at radius 1 is 1.56 bits per heavy atom. The van der Waals surface area contributed by atoms with Crippen molar-refractivity contribution in [2.75, 3.05) is 14.2 Å². The van der Waals surface area contributed by atoms with E-state index in [-0.39, 0.29) is 17.9 Å². The van der Waals surface area contributed by atoms with Gasteiger partial charge in [-0.15, -0.1) is 0 Å². The van der Waals surface area contributed by atoms with Crippen LogP contribution in [0.15, 0.2) is 16.6 Å². The van der Waals surface area contributed by atoms with Gasteiger partial charge in [0, 0.05) is 0 Å². The third-order valence-electron chi connectivity index (χ3n) is 2.14. The fourth-order valence-corrected chi connectivity index (χ4v) is 1.86. The minimum Gasteiger partial charge on any atom is -0.495 e. The van der Waals surface area contributed by atoms with Gasteiger partial charge >= 0.3 is 5.97 Å². The van der Waals surface area contributed by atoms with Crippen molar-refractivity contribution in [2.24, 2.45) is 0 Å². The molecule has 0 saturated heterocycles. The zero-order chi connectivity index (χ0) is 13.7. The van der Waals surface area contributed by atoms with Crippen molar-refractivity contribution < 1.29 is 28.6 Å². The maximum absolute atomic E-state index is 13.6. The van der Waals surface area contributed by atoms with E-state index in [1.54, 1.807) is 0 Å². The van der Waals surface area contributed by atoms with Gasteiger partial charge in [0.2, 0.25) is 6.54 Å². The highest BCUT2D eigenvalue weighted by Gasteiger charge is 2.19. The molecule has 0 aliphatic carbocycles. The van der Waals surface area contributed by atoms with Crippen molar-refractivity contribution in [1.82, 2.24) is 0 Å². The summed E-state index contributed by atoms with van der Waals surface area (Å²) in [6.07, 6.45) is 0.805. The number of halogens is 2. The van der Waals surface area contributed by atoms with E-state index >= 15 is 0 Å². The van der Waals surface area contributed by atoms with Crippen molar-refractivity contribution in [3.8, 4) is 5.75 Å². The number of rotatable bonds is 4. The van der Waals surface area contributed by atoms with Crippen LogP contribution < -0.4 is 4.74 Å². The molecule has 0 atom stereocenters. The minimum absolute atomic E-state index is 0.120. The number of carbonyl (C=O) groups is 1. The van der Waals surface area contributed by atoms with Crippen LogP contribution in [0.3, 0.4) is 0 Å². The predicted octanol–water partition coefficient (Wildman–Crippen LogP) is 1.74. The van der Waals surface area contributed by atoms with E-state index in [0.29, 0.717) is 9.21 Å². The van der Waals surface area contributed by atoms with Crippen molar-refractivity contribution in [3.05, 3.63) is 28.0 Å². The van der Waals surface area contributed by atoms with Crippen molar-refractivity contribution in [2.45, 2.75) is 6.54 Å². The molecule has 0 radical (unpaired) electrons. The molecule has 0 amide bonds. The van der Waals surface area contributed by atoms with E-state index in [9.17, 15) is 14.4 Å². The van der Waals surface area contributed by atoms with Gasteiger partial charge in [0.1, 0.15) is 11.6 Å². The predicted molar refractivity (Wildman–Crippen MR) is 64.5 cm³/mol. The van der Waals surface area contributed by atoms with E-state index in [4.69, 9.17) is 4.74 Å². The van der Waals surface area contributed by atoms with E-state index in [1.807, 2.05) is 0 Å². The molecule has 0 heterocycles. The lowest BCUT2D eigenvalue weighted by atomic mass is 10.2. The van der Waals surface area contributed by atoms with Crippen LogP contribution in [0.1, 0.15) is 5.56 Å². The SMILES string of the molecule is COC(=O)C=[N+](O)Cc1c(F)ccc(Br)c1OC. The summed E-state index contributed by atoms with van der Waals surface area (Å²) in [6, 6.07) is 2.72. The van der Waals surface area contributed by atoms with Crippen LogP contribution in [0, 0.1) is 5.82 Å². The molecular weight excluding hydrogens is 309 g/mol. The van der Waals surface area contributed by atoms with Gasteiger partial charge in [-0.25, -0.2) is 9.18 Å². The first-order valence-corrected chi connectivity index (χ1v) is 5.68. The van der Waals surface area contributed by atoms with E-state index in [0.717, 1.165) is 6.21 Å². The Balaban J connectivity index is 3.07. The van der Waals surface area contributed by atoms with Gasteiger partial charge in [0.05, 0.1) is 24.3 Å². The average molecular weight is 321 g/mol. The number of methoxy groups -OCH3 is 2. The van der Waals surface area contributed by atoms with Gasteiger partial charge < -0.3 is 9.47 Å². The smallest absolute Gasteiger partial charge is 0.399 e. The highest BCUT2D eigenvalue weighted by molar-refractivity contribution is 9.10. The molecule has 1 aromatic carbocycles. The third-order valence-corrected chi connectivity index (χ3v) is 2.76. The molecule has 1 N–H and O–H groups in total. The van der Waals surface area contributed by atoms with Crippen LogP contribution in [0.5, 0.6) is 5.75 Å². The molecule has 7 heteroatoms. The molecule has 0 fully saturated rings. The third kappa shape index (κ3) is 3.43. The molecular formula is C11H12BrFNO4+. The van der Waals surface area contributed by atoms with Crippen LogP contribution in [0.4, 0.5) is 4.39 Å². The topological polar surface area (TPSA) is 58.8 Å². The summed E-state index contributed by atoms with van der Waals surface area (Å²) in [7, 11) is 2.56. The molecule has 0 aromatic heterocycles. The summed E-state index contributed by atoms with van der Waals surface area (Å²) in [6.45, 7) is -0.246. The number of nitrogens with zero attached hydrogens (tertiary/aromatic N) is 1.